The summed E-state index contributed by atoms with van der Waals surface area (Å²) >= 11 is 0. The maximum absolute atomic E-state index is 8.60. The van der Waals surface area contributed by atoms with Gasteiger partial charge < -0.3 is 4.99 Å². The molecular formula is C20H17ClN4O4. The van der Waals surface area contributed by atoms with E-state index in [4.69, 9.17) is 23.6 Å². The minimum Gasteiger partial charge on any atom is -0.323 e. The van der Waals surface area contributed by atoms with Crippen LogP contribution in [0.3, 0.4) is 0 Å². The maximum atomic E-state index is 8.60. The molecule has 0 fully saturated rings. The largest absolute Gasteiger partial charge is 0.323 e. The van der Waals surface area contributed by atoms with E-state index in [0.29, 0.717) is 5.62 Å². The van der Waals surface area contributed by atoms with Crippen LogP contribution in [-0.2, 0) is 0 Å². The van der Waals surface area contributed by atoms with Gasteiger partial charge in [-0.2, -0.15) is 28.3 Å². The summed E-state index contributed by atoms with van der Waals surface area (Å²) in [7, 11) is -4.69. The normalized spacial score (nSPS) is 11.7. The van der Waals surface area contributed by atoms with Crippen molar-refractivity contribution in [2.24, 2.45) is 4.99 Å². The molecule has 1 N–H and O–H groups in total. The van der Waals surface area contributed by atoms with E-state index >= 15 is 0 Å². The number of benzene rings is 3. The Labute approximate surface area is 168 Å². The van der Waals surface area contributed by atoms with Gasteiger partial charge in [0, 0.05) is 0 Å². The van der Waals surface area contributed by atoms with Gasteiger partial charge in [-0.3, -0.25) is 0 Å². The first kappa shape index (κ1) is 20.5. The third kappa shape index (κ3) is 6.39. The monoisotopic (exact) mass is 412 g/mol. The fourth-order valence-electron chi connectivity index (χ4n) is 2.50. The second-order valence-electron chi connectivity index (χ2n) is 5.74. The van der Waals surface area contributed by atoms with Crippen molar-refractivity contribution in [3.8, 4) is 11.4 Å². The third-order valence-electron chi connectivity index (χ3n) is 3.68. The average Bonchev–Trinajstić information content (AvgIpc) is 3.13. The summed E-state index contributed by atoms with van der Waals surface area (Å²) < 4.78 is 36.6. The number of aromatic nitrogens is 3. The van der Waals surface area contributed by atoms with Crippen LogP contribution in [0.1, 0.15) is 0 Å². The summed E-state index contributed by atoms with van der Waals surface area (Å²) in [5.74, 6) is 0. The van der Waals surface area contributed by atoms with Gasteiger partial charge >= 0.3 is 0 Å². The zero-order valence-electron chi connectivity index (χ0n) is 15.1. The molecular weight excluding hydrogens is 396 g/mol. The molecule has 0 radical (unpaired) electrons. The number of halogens is 1. The van der Waals surface area contributed by atoms with E-state index < -0.39 is 10.2 Å². The van der Waals surface area contributed by atoms with Crippen molar-refractivity contribution in [1.29, 1.82) is 0 Å². The van der Waals surface area contributed by atoms with Crippen LogP contribution >= 0.6 is 0 Å². The second-order valence-corrected chi connectivity index (χ2v) is 6.54. The van der Waals surface area contributed by atoms with Crippen LogP contribution in [0.15, 0.2) is 102 Å². The second kappa shape index (κ2) is 9.28. The van der Waals surface area contributed by atoms with Crippen molar-refractivity contribution in [2.75, 3.05) is 0 Å². The molecule has 9 heteroatoms. The number of hydrogen-bond acceptors (Lipinski definition) is 5. The summed E-state index contributed by atoms with van der Waals surface area (Å²) in [6, 6.07) is 30.0. The van der Waals surface area contributed by atoms with Crippen LogP contribution in [0.4, 0.5) is 5.69 Å². The van der Waals surface area contributed by atoms with Gasteiger partial charge in [-0.25, -0.2) is 0 Å². The molecule has 1 aromatic heterocycles. The Balaban J connectivity index is 0.000000431. The minimum absolute atomic E-state index is 0.635. The molecule has 0 unspecified atom stereocenters. The van der Waals surface area contributed by atoms with Crippen molar-refractivity contribution in [3.05, 3.63) is 103 Å². The molecule has 4 rings (SSSR count). The summed E-state index contributed by atoms with van der Waals surface area (Å²) in [6.07, 6.45) is 1.95. The molecule has 0 aliphatic rings. The Kier molecular flexibility index (Phi) is 6.55. The van der Waals surface area contributed by atoms with Crippen molar-refractivity contribution in [1.82, 2.24) is 9.67 Å². The molecule has 8 nitrogen and oxygen atoms in total. The van der Waals surface area contributed by atoms with Crippen molar-refractivity contribution >= 4 is 5.69 Å². The van der Waals surface area contributed by atoms with E-state index in [0.717, 1.165) is 17.1 Å². The molecule has 0 bridgehead atoms. The molecule has 0 aliphatic carbocycles. The van der Waals surface area contributed by atoms with Gasteiger partial charge in [-0.05, 0) is 30.0 Å². The summed E-state index contributed by atoms with van der Waals surface area (Å²) in [4.78, 5) is 4.69. The third-order valence-corrected chi connectivity index (χ3v) is 3.68. The summed E-state index contributed by atoms with van der Waals surface area (Å²) in [5.41, 5.74) is 3.53. The quantitative estimate of drug-likeness (QED) is 0.424. The molecule has 0 aliphatic heterocycles. The number of hydrogen-bond donors (Lipinski definition) is 1. The van der Waals surface area contributed by atoms with Crippen molar-refractivity contribution < 1.29 is 33.6 Å². The Morgan fingerprint density at radius 3 is 1.83 bits per heavy atom. The van der Waals surface area contributed by atoms with E-state index in [1.165, 1.54) is 0 Å². The van der Waals surface area contributed by atoms with Crippen molar-refractivity contribution in [2.45, 2.75) is 0 Å². The lowest BCUT2D eigenvalue weighted by atomic mass is 10.3. The van der Waals surface area contributed by atoms with Crippen LogP contribution in [-0.4, -0.2) is 9.23 Å². The number of rotatable bonds is 3. The Morgan fingerprint density at radius 1 is 0.793 bits per heavy atom. The first-order chi connectivity index (χ1) is 13.9. The fourth-order valence-corrected chi connectivity index (χ4v) is 2.50. The lowest BCUT2D eigenvalue weighted by molar-refractivity contribution is -1.92. The zero-order chi connectivity index (χ0) is 20.7. The van der Waals surface area contributed by atoms with Crippen molar-refractivity contribution in [3.63, 3.8) is 0 Å². The standard InChI is InChI=1S/C20H16N4.ClHO4/c1-4-10-17(11-5-1)21-20-22-24(19-14-8-3-9-15-19)16-23(20)18-12-6-2-7-13-18;2-1(3,4)5/h1-16H;(H,2,3,4,5). The van der Waals surface area contributed by atoms with Gasteiger partial charge in [0.1, 0.15) is 11.4 Å². The van der Waals surface area contributed by atoms with Gasteiger partial charge in [0.15, 0.2) is 0 Å². The van der Waals surface area contributed by atoms with E-state index in [-0.39, 0.29) is 0 Å². The molecule has 4 aromatic rings. The minimum atomic E-state index is -4.69. The highest BCUT2D eigenvalue weighted by atomic mass is 35.7. The van der Waals surface area contributed by atoms with Crippen LogP contribution < -0.4 is 29.4 Å². The van der Waals surface area contributed by atoms with Crippen LogP contribution in [0.5, 0.6) is 0 Å². The van der Waals surface area contributed by atoms with E-state index in [9.17, 15) is 0 Å². The Hall–Kier alpha value is -3.27. The average molecular weight is 413 g/mol. The first-order valence-electron chi connectivity index (χ1n) is 8.42. The molecule has 148 valence electrons. The fraction of sp³-hybridized carbons (Fsp3) is 0. The molecule has 0 atom stereocenters. The molecule has 0 amide bonds. The highest BCUT2D eigenvalue weighted by Gasteiger charge is 2.09. The molecule has 0 spiro atoms. The van der Waals surface area contributed by atoms with Gasteiger partial charge in [-0.15, -0.1) is 0 Å². The molecule has 29 heavy (non-hydrogen) atoms. The van der Waals surface area contributed by atoms with E-state index in [1.807, 2.05) is 107 Å². The highest BCUT2D eigenvalue weighted by molar-refractivity contribution is 5.36. The number of para-hydroxylation sites is 3. The predicted octanol–water partition coefficient (Wildman–Crippen LogP) is -1.18. The van der Waals surface area contributed by atoms with Crippen LogP contribution in [0.2, 0.25) is 0 Å². The van der Waals surface area contributed by atoms with Gasteiger partial charge in [0.2, 0.25) is 5.62 Å². The van der Waals surface area contributed by atoms with E-state index in [2.05, 4.69) is 5.10 Å². The Bertz CT molecular complexity index is 1090. The smallest absolute Gasteiger partial charge is 0.264 e. The first-order valence-corrected chi connectivity index (χ1v) is 9.69. The topological polar surface area (TPSA) is 125 Å². The molecule has 1 heterocycles. The summed E-state index contributed by atoms with van der Waals surface area (Å²) in [5, 5.41) is 4.67. The predicted molar refractivity (Wildman–Crippen MR) is 94.5 cm³/mol. The van der Waals surface area contributed by atoms with Crippen LogP contribution in [0, 0.1) is 10.2 Å². The zero-order valence-corrected chi connectivity index (χ0v) is 15.8. The number of nitrogens with zero attached hydrogens (tertiary/aromatic N) is 4. The van der Waals surface area contributed by atoms with Gasteiger partial charge in [0.05, 0.1) is 14.9 Å². The van der Waals surface area contributed by atoms with E-state index in [1.54, 1.807) is 0 Å². The highest BCUT2D eigenvalue weighted by Crippen LogP contribution is 2.09. The molecule has 3 aromatic carbocycles. The van der Waals surface area contributed by atoms with Crippen LogP contribution in [0.25, 0.3) is 11.4 Å². The van der Waals surface area contributed by atoms with Gasteiger partial charge in [-0.1, -0.05) is 66.7 Å². The Morgan fingerprint density at radius 2 is 1.28 bits per heavy atom. The lowest BCUT2D eigenvalue weighted by Crippen LogP contribution is -2.58. The SMILES string of the molecule is [O-][Cl+3]([O-])([O-])O.c1ccc(N=c2[n-][n+](-c3ccccc3)cn2-c2ccccc2)cc1. The molecule has 0 saturated carbocycles. The molecule has 0 saturated heterocycles. The van der Waals surface area contributed by atoms with Gasteiger partial charge in [0.25, 0.3) is 6.33 Å². The summed E-state index contributed by atoms with van der Waals surface area (Å²) in [6.45, 7) is 0. The lowest BCUT2D eigenvalue weighted by Gasteiger charge is -2.03. The maximum Gasteiger partial charge on any atom is 0.264 e.